The van der Waals surface area contributed by atoms with Gasteiger partial charge in [-0.15, -0.1) is 10.2 Å². The Morgan fingerprint density at radius 3 is 2.61 bits per heavy atom. The highest BCUT2D eigenvalue weighted by atomic mass is 32.2. The van der Waals surface area contributed by atoms with E-state index in [1.54, 1.807) is 0 Å². The minimum absolute atomic E-state index is 0.0573. The Morgan fingerprint density at radius 2 is 1.87 bits per heavy atom. The van der Waals surface area contributed by atoms with Gasteiger partial charge in [0.2, 0.25) is 11.0 Å². The zero-order valence-corrected chi connectivity index (χ0v) is 18.9. The molecule has 0 aliphatic carbocycles. The van der Waals surface area contributed by atoms with E-state index in [9.17, 15) is 4.79 Å². The number of rotatable bonds is 8. The summed E-state index contributed by atoms with van der Waals surface area (Å²) in [6.45, 7) is 5.86. The van der Waals surface area contributed by atoms with Crippen LogP contribution in [0.1, 0.15) is 12.5 Å². The Kier molecular flexibility index (Phi) is 7.39. The van der Waals surface area contributed by atoms with Crippen LogP contribution in [-0.2, 0) is 16.1 Å². The van der Waals surface area contributed by atoms with Crippen molar-refractivity contribution in [2.45, 2.75) is 23.1 Å². The first-order valence-corrected chi connectivity index (χ1v) is 11.9. The van der Waals surface area contributed by atoms with E-state index in [0.29, 0.717) is 6.54 Å². The van der Waals surface area contributed by atoms with Gasteiger partial charge in [0.05, 0.1) is 18.5 Å². The number of amides is 1. The molecule has 9 heteroatoms. The molecule has 31 heavy (non-hydrogen) atoms. The topological polar surface area (TPSA) is 79.4 Å². The number of aromatic nitrogens is 2. The predicted octanol–water partition coefficient (Wildman–Crippen LogP) is 4.11. The molecule has 3 aromatic rings. The number of nitrogens with zero attached hydrogens (tertiary/aromatic N) is 3. The molecular formula is C22H25N5O2S2. The zero-order valence-electron chi connectivity index (χ0n) is 17.3. The van der Waals surface area contributed by atoms with Crippen molar-refractivity contribution in [1.29, 1.82) is 0 Å². The molecule has 1 fully saturated rings. The van der Waals surface area contributed by atoms with Crippen LogP contribution in [0, 0.1) is 0 Å². The second-order valence-corrected chi connectivity index (χ2v) is 9.67. The summed E-state index contributed by atoms with van der Waals surface area (Å²) < 4.78 is 6.16. The van der Waals surface area contributed by atoms with Gasteiger partial charge in [-0.1, -0.05) is 53.4 Å². The second kappa shape index (κ2) is 10.6. The van der Waals surface area contributed by atoms with Crippen LogP contribution >= 0.6 is 23.1 Å². The molecule has 4 rings (SSSR count). The third kappa shape index (κ3) is 6.19. The van der Waals surface area contributed by atoms with Crippen LogP contribution < -0.4 is 15.5 Å². The van der Waals surface area contributed by atoms with Crippen molar-refractivity contribution in [1.82, 2.24) is 10.2 Å². The van der Waals surface area contributed by atoms with Crippen molar-refractivity contribution in [2.75, 3.05) is 41.8 Å². The number of hydrogen-bond acceptors (Lipinski definition) is 8. The van der Waals surface area contributed by atoms with Crippen LogP contribution in [0.2, 0.25) is 0 Å². The highest BCUT2D eigenvalue weighted by Gasteiger charge is 2.18. The first kappa shape index (κ1) is 21.6. The smallest absolute Gasteiger partial charge is 0.237 e. The Morgan fingerprint density at radius 1 is 1.13 bits per heavy atom. The third-order valence-corrected chi connectivity index (χ3v) is 6.92. The molecule has 7 nitrogen and oxygen atoms in total. The second-order valence-electron chi connectivity index (χ2n) is 7.11. The van der Waals surface area contributed by atoms with E-state index >= 15 is 0 Å². The molecule has 2 aromatic carbocycles. The molecule has 1 saturated heterocycles. The first-order chi connectivity index (χ1) is 15.2. The van der Waals surface area contributed by atoms with Gasteiger partial charge in [0.15, 0.2) is 4.34 Å². The monoisotopic (exact) mass is 455 g/mol. The maximum absolute atomic E-state index is 12.6. The maximum atomic E-state index is 12.6. The molecule has 1 aliphatic heterocycles. The minimum Gasteiger partial charge on any atom is -0.378 e. The fraction of sp³-hybridized carbons (Fsp3) is 0.318. The molecule has 162 valence electrons. The predicted molar refractivity (Wildman–Crippen MR) is 127 cm³/mol. The number of anilines is 3. The van der Waals surface area contributed by atoms with Crippen molar-refractivity contribution >= 4 is 45.5 Å². The molecule has 1 amide bonds. The van der Waals surface area contributed by atoms with Gasteiger partial charge in [0.1, 0.15) is 0 Å². The molecule has 0 radical (unpaired) electrons. The summed E-state index contributed by atoms with van der Waals surface area (Å²) in [7, 11) is 0. The van der Waals surface area contributed by atoms with E-state index in [4.69, 9.17) is 4.74 Å². The molecule has 0 saturated carbocycles. The van der Waals surface area contributed by atoms with Gasteiger partial charge in [0.25, 0.3) is 0 Å². The number of carbonyl (C=O) groups is 1. The summed E-state index contributed by atoms with van der Waals surface area (Å²) >= 11 is 2.87. The molecule has 2 heterocycles. The molecule has 1 aliphatic rings. The van der Waals surface area contributed by atoms with Gasteiger partial charge in [0, 0.05) is 31.0 Å². The van der Waals surface area contributed by atoms with Gasteiger partial charge in [-0.05, 0) is 36.8 Å². The van der Waals surface area contributed by atoms with Crippen LogP contribution in [0.15, 0.2) is 58.9 Å². The van der Waals surface area contributed by atoms with E-state index in [1.165, 1.54) is 28.7 Å². The average Bonchev–Trinajstić information content (AvgIpc) is 3.26. The van der Waals surface area contributed by atoms with Crippen LogP contribution in [0.5, 0.6) is 0 Å². The van der Waals surface area contributed by atoms with Gasteiger partial charge in [-0.25, -0.2) is 0 Å². The minimum atomic E-state index is -0.283. The Hall–Kier alpha value is -2.62. The lowest BCUT2D eigenvalue weighted by Gasteiger charge is -2.28. The van der Waals surface area contributed by atoms with E-state index < -0.39 is 0 Å². The summed E-state index contributed by atoms with van der Waals surface area (Å²) in [5, 5.41) is 15.1. The van der Waals surface area contributed by atoms with Crippen LogP contribution in [0.25, 0.3) is 0 Å². The molecule has 0 unspecified atom stereocenters. The molecule has 1 aromatic heterocycles. The van der Waals surface area contributed by atoms with E-state index in [1.807, 2.05) is 49.4 Å². The Balaban J connectivity index is 1.26. The fourth-order valence-electron chi connectivity index (χ4n) is 3.13. The van der Waals surface area contributed by atoms with Crippen LogP contribution in [-0.4, -0.2) is 47.7 Å². The van der Waals surface area contributed by atoms with Crippen LogP contribution in [0.3, 0.4) is 0 Å². The number of thioether (sulfide) groups is 1. The van der Waals surface area contributed by atoms with Crippen molar-refractivity contribution in [2.24, 2.45) is 0 Å². The standard InChI is InChI=1S/C22H25N5O2S2/c1-16(30-22-26-25-21(31-22)23-15-17-5-3-2-4-6-17)20(28)24-18-7-9-19(10-8-18)27-11-13-29-14-12-27/h2-10,16H,11-15H2,1H3,(H,23,25)(H,24,28)/t16-/m1/s1. The highest BCUT2D eigenvalue weighted by Crippen LogP contribution is 2.30. The molecular weight excluding hydrogens is 430 g/mol. The number of hydrogen-bond donors (Lipinski definition) is 2. The zero-order chi connectivity index (χ0) is 21.5. The van der Waals surface area contributed by atoms with Gasteiger partial charge in [-0.3, -0.25) is 4.79 Å². The Labute approximate surface area is 190 Å². The summed E-state index contributed by atoms with van der Waals surface area (Å²) in [6, 6.07) is 18.1. The third-order valence-electron chi connectivity index (χ3n) is 4.85. The number of ether oxygens (including phenoxy) is 1. The van der Waals surface area contributed by atoms with Crippen LogP contribution in [0.4, 0.5) is 16.5 Å². The Bertz CT molecular complexity index is 975. The van der Waals surface area contributed by atoms with Crippen molar-refractivity contribution in [3.63, 3.8) is 0 Å². The SMILES string of the molecule is C[C@@H](Sc1nnc(NCc2ccccc2)s1)C(=O)Nc1ccc(N2CCOCC2)cc1. The summed E-state index contributed by atoms with van der Waals surface area (Å²) in [5.74, 6) is -0.0573. The number of nitrogens with one attached hydrogen (secondary N) is 2. The van der Waals surface area contributed by atoms with Crippen molar-refractivity contribution in [3.05, 3.63) is 60.2 Å². The van der Waals surface area contributed by atoms with Gasteiger partial charge in [-0.2, -0.15) is 0 Å². The lowest BCUT2D eigenvalue weighted by Crippen LogP contribution is -2.36. The number of benzene rings is 2. The van der Waals surface area contributed by atoms with Gasteiger partial charge >= 0.3 is 0 Å². The highest BCUT2D eigenvalue weighted by molar-refractivity contribution is 8.02. The summed E-state index contributed by atoms with van der Waals surface area (Å²) in [6.07, 6.45) is 0. The average molecular weight is 456 g/mol. The van der Waals surface area contributed by atoms with Gasteiger partial charge < -0.3 is 20.3 Å². The maximum Gasteiger partial charge on any atom is 0.237 e. The van der Waals surface area contributed by atoms with E-state index in [-0.39, 0.29) is 11.2 Å². The summed E-state index contributed by atoms with van der Waals surface area (Å²) in [4.78, 5) is 14.9. The lowest BCUT2D eigenvalue weighted by atomic mass is 10.2. The molecule has 0 spiro atoms. The van der Waals surface area contributed by atoms with Crippen molar-refractivity contribution < 1.29 is 9.53 Å². The molecule has 1 atom stereocenters. The lowest BCUT2D eigenvalue weighted by molar-refractivity contribution is -0.115. The first-order valence-electron chi connectivity index (χ1n) is 10.2. The van der Waals surface area contributed by atoms with E-state index in [0.717, 1.165) is 47.1 Å². The number of morpholine rings is 1. The normalized spacial score (nSPS) is 14.8. The quantitative estimate of drug-likeness (QED) is 0.495. The fourth-order valence-corrected chi connectivity index (χ4v) is 5.02. The van der Waals surface area contributed by atoms with Crippen molar-refractivity contribution in [3.8, 4) is 0 Å². The number of carbonyl (C=O) groups excluding carboxylic acids is 1. The molecule has 2 N–H and O–H groups in total. The largest absolute Gasteiger partial charge is 0.378 e. The van der Waals surface area contributed by atoms with E-state index in [2.05, 4.69) is 37.9 Å². The summed E-state index contributed by atoms with van der Waals surface area (Å²) in [5.41, 5.74) is 3.12. The molecule has 0 bridgehead atoms.